The van der Waals surface area contributed by atoms with Gasteiger partial charge in [-0.25, -0.2) is 4.98 Å². The Hall–Kier alpha value is -3.28. The molecular formula is C36H55N5O6. The summed E-state index contributed by atoms with van der Waals surface area (Å²) in [5.74, 6) is -1.14. The normalized spacial score (nSPS) is 19.1. The molecule has 5 atom stereocenters. The number of aliphatic hydroxyl groups is 2. The summed E-state index contributed by atoms with van der Waals surface area (Å²) >= 11 is 0. The van der Waals surface area contributed by atoms with Crippen molar-refractivity contribution < 1.29 is 29.3 Å². The van der Waals surface area contributed by atoms with Crippen molar-refractivity contribution in [3.63, 3.8) is 0 Å². The molecule has 3 amide bonds. The fraction of sp³-hybridized carbons (Fsp3) is 0.667. The number of carbonyl (C=O) groups excluding carboxylic acids is 3. The fourth-order valence-corrected chi connectivity index (χ4v) is 6.84. The highest BCUT2D eigenvalue weighted by Gasteiger charge is 2.35. The van der Waals surface area contributed by atoms with Crippen LogP contribution in [-0.2, 0) is 39.0 Å². The van der Waals surface area contributed by atoms with Crippen LogP contribution in [0.3, 0.4) is 0 Å². The van der Waals surface area contributed by atoms with Gasteiger partial charge in [0.05, 0.1) is 37.6 Å². The third-order valence-electron chi connectivity index (χ3n) is 9.60. The van der Waals surface area contributed by atoms with E-state index in [0.717, 1.165) is 36.9 Å². The van der Waals surface area contributed by atoms with Gasteiger partial charge in [0.25, 0.3) is 0 Å². The third-order valence-corrected chi connectivity index (χ3v) is 9.60. The molecule has 0 unspecified atom stereocenters. The number of imidazole rings is 1. The van der Waals surface area contributed by atoms with Gasteiger partial charge in [0.15, 0.2) is 0 Å². The second kappa shape index (κ2) is 18.3. The number of aliphatic hydroxyl groups excluding tert-OH is 2. The van der Waals surface area contributed by atoms with E-state index in [0.29, 0.717) is 51.5 Å². The van der Waals surface area contributed by atoms with Crippen LogP contribution in [0.4, 0.5) is 0 Å². The molecule has 1 saturated carbocycles. The minimum absolute atomic E-state index is 0.00515. The van der Waals surface area contributed by atoms with Crippen molar-refractivity contribution in [3.8, 4) is 0 Å². The van der Waals surface area contributed by atoms with Gasteiger partial charge >= 0.3 is 0 Å². The van der Waals surface area contributed by atoms with Crippen molar-refractivity contribution >= 4 is 17.7 Å². The highest BCUT2D eigenvalue weighted by molar-refractivity contribution is 5.91. The second-order valence-corrected chi connectivity index (χ2v) is 13.9. The Morgan fingerprint density at radius 2 is 1.68 bits per heavy atom. The van der Waals surface area contributed by atoms with Gasteiger partial charge < -0.3 is 35.1 Å². The van der Waals surface area contributed by atoms with E-state index in [-0.39, 0.29) is 30.6 Å². The topological polar surface area (TPSA) is 146 Å². The highest BCUT2D eigenvalue weighted by atomic mass is 16.5. The first kappa shape index (κ1) is 36.6. The van der Waals surface area contributed by atoms with Crippen molar-refractivity contribution in [1.29, 1.82) is 0 Å². The first-order chi connectivity index (χ1) is 22.6. The van der Waals surface area contributed by atoms with Gasteiger partial charge in [-0.1, -0.05) is 76.3 Å². The summed E-state index contributed by atoms with van der Waals surface area (Å²) in [6.07, 6.45) is 8.10. The molecule has 2 fully saturated rings. The van der Waals surface area contributed by atoms with Gasteiger partial charge in [-0.3, -0.25) is 14.4 Å². The van der Waals surface area contributed by atoms with Crippen molar-refractivity contribution in [2.24, 2.45) is 24.8 Å². The summed E-state index contributed by atoms with van der Waals surface area (Å²) in [4.78, 5) is 47.4. The van der Waals surface area contributed by atoms with E-state index in [4.69, 9.17) is 4.74 Å². The van der Waals surface area contributed by atoms with Crippen LogP contribution in [0.15, 0.2) is 42.9 Å². The lowest BCUT2D eigenvalue weighted by molar-refractivity contribution is -0.140. The molecule has 260 valence electrons. The zero-order valence-corrected chi connectivity index (χ0v) is 28.4. The summed E-state index contributed by atoms with van der Waals surface area (Å²) in [6, 6.07) is 7.91. The molecule has 0 spiro atoms. The van der Waals surface area contributed by atoms with E-state index < -0.39 is 36.1 Å². The smallest absolute Gasteiger partial charge is 0.243 e. The Morgan fingerprint density at radius 3 is 2.32 bits per heavy atom. The lowest BCUT2D eigenvalue weighted by Gasteiger charge is -2.34. The zero-order valence-electron chi connectivity index (χ0n) is 28.4. The predicted octanol–water partition coefficient (Wildman–Crippen LogP) is 2.78. The van der Waals surface area contributed by atoms with Gasteiger partial charge in [0.2, 0.25) is 17.7 Å². The van der Waals surface area contributed by atoms with Crippen LogP contribution in [0.2, 0.25) is 0 Å². The molecule has 4 N–H and O–H groups in total. The van der Waals surface area contributed by atoms with Gasteiger partial charge in [0, 0.05) is 44.9 Å². The van der Waals surface area contributed by atoms with Crippen LogP contribution in [0.25, 0.3) is 0 Å². The number of ether oxygens (including phenoxy) is 1. The Kier molecular flexibility index (Phi) is 14.2. The first-order valence-electron chi connectivity index (χ1n) is 17.4. The maximum atomic E-state index is 14.1. The number of nitrogens with zero attached hydrogens (tertiary/aromatic N) is 3. The van der Waals surface area contributed by atoms with Crippen molar-refractivity contribution in [3.05, 3.63) is 54.1 Å². The maximum Gasteiger partial charge on any atom is 0.243 e. The SMILES string of the molecule is CC(C)C[C@H](O)[C@H](O)[C@H](CC1CCCCC1)NC(=O)[C@H](Cc1cncn1C)NC(=O)[C@@H](CC(=O)N1CCOCC1)Cc1ccccc1. The molecule has 1 aliphatic carbocycles. The quantitative estimate of drug-likeness (QED) is 0.218. The Labute approximate surface area is 279 Å². The number of nitrogens with one attached hydrogen (secondary N) is 2. The van der Waals surface area contributed by atoms with E-state index in [1.165, 1.54) is 6.42 Å². The summed E-state index contributed by atoms with van der Waals surface area (Å²) in [7, 11) is 1.83. The van der Waals surface area contributed by atoms with Crippen LogP contribution in [0.5, 0.6) is 0 Å². The number of benzene rings is 1. The van der Waals surface area contributed by atoms with E-state index in [1.54, 1.807) is 22.0 Å². The molecule has 47 heavy (non-hydrogen) atoms. The standard InChI is InChI=1S/C36H55N5O6/c1-25(2)18-32(42)34(44)30(20-27-12-8-5-9-13-27)38-36(46)31(22-29-23-37-24-40(29)3)39-35(45)28(19-26-10-6-4-7-11-26)21-33(43)41-14-16-47-17-15-41/h4,6-7,10-11,23-25,27-28,30-32,34,42,44H,5,8-9,12-22H2,1-3H3,(H,38,46)(H,39,45)/t28-,30+,31+,32+,34-/m1/s1. The number of amides is 3. The second-order valence-electron chi connectivity index (χ2n) is 13.9. The van der Waals surface area contributed by atoms with Crippen molar-refractivity contribution in [2.45, 2.75) is 102 Å². The highest BCUT2D eigenvalue weighted by Crippen LogP contribution is 2.29. The minimum atomic E-state index is -1.15. The maximum absolute atomic E-state index is 14.1. The molecule has 1 saturated heterocycles. The molecule has 2 heterocycles. The minimum Gasteiger partial charge on any atom is -0.390 e. The first-order valence-corrected chi connectivity index (χ1v) is 17.4. The Bertz CT molecular complexity index is 1260. The van der Waals surface area contributed by atoms with Crippen LogP contribution < -0.4 is 10.6 Å². The summed E-state index contributed by atoms with van der Waals surface area (Å²) in [5, 5.41) is 28.3. The lowest BCUT2D eigenvalue weighted by Crippen LogP contribution is -2.56. The van der Waals surface area contributed by atoms with Crippen LogP contribution in [0.1, 0.15) is 76.5 Å². The third kappa shape index (κ3) is 11.4. The van der Waals surface area contributed by atoms with E-state index in [2.05, 4.69) is 15.6 Å². The predicted molar refractivity (Wildman–Crippen MR) is 179 cm³/mol. The monoisotopic (exact) mass is 653 g/mol. The fourth-order valence-electron chi connectivity index (χ4n) is 6.84. The summed E-state index contributed by atoms with van der Waals surface area (Å²) in [5.41, 5.74) is 1.67. The van der Waals surface area contributed by atoms with Gasteiger partial charge in [-0.2, -0.15) is 0 Å². The van der Waals surface area contributed by atoms with E-state index >= 15 is 0 Å². The molecule has 11 heteroatoms. The number of hydrogen-bond acceptors (Lipinski definition) is 7. The molecular weight excluding hydrogens is 598 g/mol. The van der Waals surface area contributed by atoms with Crippen LogP contribution in [-0.4, -0.2) is 93.0 Å². The van der Waals surface area contributed by atoms with E-state index in [1.807, 2.05) is 51.2 Å². The van der Waals surface area contributed by atoms with Gasteiger partial charge in [0.1, 0.15) is 12.1 Å². The molecule has 11 nitrogen and oxygen atoms in total. The average molecular weight is 654 g/mol. The number of hydrogen-bond donors (Lipinski definition) is 4. The van der Waals surface area contributed by atoms with Crippen LogP contribution in [0, 0.1) is 17.8 Å². The number of aryl methyl sites for hydroxylation is 1. The van der Waals surface area contributed by atoms with E-state index in [9.17, 15) is 24.6 Å². The number of morpholine rings is 1. The van der Waals surface area contributed by atoms with Crippen LogP contribution >= 0.6 is 0 Å². The molecule has 0 radical (unpaired) electrons. The average Bonchev–Trinajstić information content (AvgIpc) is 3.48. The molecule has 1 aromatic carbocycles. The molecule has 2 aromatic rings. The molecule has 1 aliphatic heterocycles. The molecule has 2 aliphatic rings. The van der Waals surface area contributed by atoms with Crippen molar-refractivity contribution in [1.82, 2.24) is 25.1 Å². The summed E-state index contributed by atoms with van der Waals surface area (Å²) in [6.45, 7) is 5.87. The number of rotatable bonds is 16. The largest absolute Gasteiger partial charge is 0.390 e. The Morgan fingerprint density at radius 1 is 0.979 bits per heavy atom. The number of aromatic nitrogens is 2. The van der Waals surface area contributed by atoms with Crippen molar-refractivity contribution in [2.75, 3.05) is 26.3 Å². The lowest BCUT2D eigenvalue weighted by atomic mass is 9.82. The molecule has 1 aromatic heterocycles. The zero-order chi connectivity index (χ0) is 33.8. The van der Waals surface area contributed by atoms with Gasteiger partial charge in [-0.05, 0) is 36.7 Å². The number of carbonyl (C=O) groups is 3. The molecule has 4 rings (SSSR count). The molecule has 0 bridgehead atoms. The van der Waals surface area contributed by atoms with Gasteiger partial charge in [-0.15, -0.1) is 0 Å². The Balaban J connectivity index is 1.55. The summed E-state index contributed by atoms with van der Waals surface area (Å²) < 4.78 is 7.21.